The summed E-state index contributed by atoms with van der Waals surface area (Å²) in [4.78, 5) is 16.7. The fourth-order valence-electron chi connectivity index (χ4n) is 3.25. The highest BCUT2D eigenvalue weighted by Gasteiger charge is 2.31. The zero-order chi connectivity index (χ0) is 16.8. The van der Waals surface area contributed by atoms with Crippen molar-refractivity contribution in [1.29, 1.82) is 0 Å². The monoisotopic (exact) mass is 325 g/mol. The summed E-state index contributed by atoms with van der Waals surface area (Å²) >= 11 is 0. The van der Waals surface area contributed by atoms with Gasteiger partial charge in [-0.25, -0.2) is 0 Å². The first kappa shape index (κ1) is 18.7. The van der Waals surface area contributed by atoms with E-state index in [-0.39, 0.29) is 11.8 Å². The third kappa shape index (κ3) is 6.40. The van der Waals surface area contributed by atoms with Crippen molar-refractivity contribution in [3.63, 3.8) is 0 Å². The van der Waals surface area contributed by atoms with E-state index in [2.05, 4.69) is 29.0 Å². The minimum absolute atomic E-state index is 0.0735. The highest BCUT2D eigenvalue weighted by Crippen LogP contribution is 2.23. The fourth-order valence-corrected chi connectivity index (χ4v) is 3.25. The van der Waals surface area contributed by atoms with Gasteiger partial charge in [0.2, 0.25) is 5.91 Å². The number of carbonyl (C=O) groups excluding carboxylic acids is 1. The van der Waals surface area contributed by atoms with Crippen LogP contribution < -0.4 is 5.32 Å². The summed E-state index contributed by atoms with van der Waals surface area (Å²) in [7, 11) is 0. The molecule has 2 rings (SSSR count). The Morgan fingerprint density at radius 3 is 2.26 bits per heavy atom. The van der Waals surface area contributed by atoms with E-state index in [0.717, 1.165) is 45.0 Å². The van der Waals surface area contributed by atoms with Crippen LogP contribution in [0.25, 0.3) is 0 Å². The van der Waals surface area contributed by atoms with Crippen LogP contribution in [0, 0.1) is 11.8 Å². The van der Waals surface area contributed by atoms with Crippen molar-refractivity contribution in [2.45, 2.75) is 52.7 Å². The van der Waals surface area contributed by atoms with Crippen LogP contribution in [0.5, 0.6) is 0 Å². The highest BCUT2D eigenvalue weighted by molar-refractivity contribution is 5.78. The van der Waals surface area contributed by atoms with Crippen LogP contribution in [-0.2, 0) is 9.53 Å². The summed E-state index contributed by atoms with van der Waals surface area (Å²) in [5.74, 6) is 0.990. The molecular formula is C18H35N3O2. The molecule has 1 N–H and O–H groups in total. The van der Waals surface area contributed by atoms with Gasteiger partial charge in [-0.1, -0.05) is 27.7 Å². The van der Waals surface area contributed by atoms with Crippen molar-refractivity contribution in [2.75, 3.05) is 45.9 Å². The molecule has 0 aromatic rings. The second-order valence-electron chi connectivity index (χ2n) is 7.86. The molecule has 1 aliphatic heterocycles. The third-order valence-electron chi connectivity index (χ3n) is 4.81. The average molecular weight is 325 g/mol. The maximum Gasteiger partial charge on any atom is 0.222 e. The van der Waals surface area contributed by atoms with Gasteiger partial charge >= 0.3 is 0 Å². The second kappa shape index (κ2) is 9.00. The number of amides is 1. The van der Waals surface area contributed by atoms with E-state index in [4.69, 9.17) is 4.74 Å². The van der Waals surface area contributed by atoms with Crippen LogP contribution in [0.4, 0.5) is 0 Å². The SMILES string of the molecule is CC(C)CN1CCN(CCO[C@H]2C[C@H](NC(=O)C(C)C)C2)CC1. The number of carbonyl (C=O) groups is 1. The van der Waals surface area contributed by atoms with Gasteiger partial charge < -0.3 is 15.0 Å². The Balaban J connectivity index is 1.49. The van der Waals surface area contributed by atoms with Crippen LogP contribution in [0.2, 0.25) is 0 Å². The lowest BCUT2D eigenvalue weighted by Crippen LogP contribution is -2.50. The highest BCUT2D eigenvalue weighted by atomic mass is 16.5. The average Bonchev–Trinajstić information content (AvgIpc) is 2.45. The van der Waals surface area contributed by atoms with Gasteiger partial charge in [0.15, 0.2) is 0 Å². The molecule has 2 fully saturated rings. The smallest absolute Gasteiger partial charge is 0.222 e. The van der Waals surface area contributed by atoms with E-state index in [9.17, 15) is 4.79 Å². The fraction of sp³-hybridized carbons (Fsp3) is 0.944. The molecule has 1 aliphatic carbocycles. The summed E-state index contributed by atoms with van der Waals surface area (Å²) in [5, 5.41) is 3.07. The Bertz CT molecular complexity index is 359. The number of nitrogens with one attached hydrogen (secondary N) is 1. The van der Waals surface area contributed by atoms with Crippen molar-refractivity contribution in [3.05, 3.63) is 0 Å². The number of ether oxygens (including phenoxy) is 1. The number of nitrogens with zero attached hydrogens (tertiary/aromatic N) is 2. The van der Waals surface area contributed by atoms with Gasteiger partial charge in [-0.15, -0.1) is 0 Å². The van der Waals surface area contributed by atoms with E-state index in [1.54, 1.807) is 0 Å². The van der Waals surface area contributed by atoms with Gasteiger partial charge in [-0.05, 0) is 18.8 Å². The first-order valence-electron chi connectivity index (χ1n) is 9.30. The molecule has 1 saturated carbocycles. The van der Waals surface area contributed by atoms with Gasteiger partial charge in [0, 0.05) is 51.2 Å². The first-order valence-corrected chi connectivity index (χ1v) is 9.30. The Labute approximate surface area is 141 Å². The molecule has 0 radical (unpaired) electrons. The maximum atomic E-state index is 11.6. The van der Waals surface area contributed by atoms with E-state index >= 15 is 0 Å². The molecule has 1 amide bonds. The minimum atomic E-state index is 0.0735. The summed E-state index contributed by atoms with van der Waals surface area (Å²) in [5.41, 5.74) is 0. The predicted octanol–water partition coefficient (Wildman–Crippen LogP) is 1.58. The standard InChI is InChI=1S/C18H35N3O2/c1-14(2)13-21-7-5-20(6-8-21)9-10-23-17-11-16(12-17)19-18(22)15(3)4/h14-17H,5-13H2,1-4H3,(H,19,22)/t16-,17-. The van der Waals surface area contributed by atoms with Gasteiger partial charge in [0.25, 0.3) is 0 Å². The first-order chi connectivity index (χ1) is 10.9. The Hall–Kier alpha value is -0.650. The second-order valence-corrected chi connectivity index (χ2v) is 7.86. The van der Waals surface area contributed by atoms with Crippen LogP contribution in [-0.4, -0.2) is 73.7 Å². The third-order valence-corrected chi connectivity index (χ3v) is 4.81. The largest absolute Gasteiger partial charge is 0.377 e. The van der Waals surface area contributed by atoms with Crippen LogP contribution >= 0.6 is 0 Å². The van der Waals surface area contributed by atoms with Crippen molar-refractivity contribution in [3.8, 4) is 0 Å². The van der Waals surface area contributed by atoms with Gasteiger partial charge in [0.1, 0.15) is 0 Å². The van der Waals surface area contributed by atoms with Gasteiger partial charge in [-0.3, -0.25) is 9.69 Å². The molecule has 0 aromatic heterocycles. The number of hydrogen-bond donors (Lipinski definition) is 1. The molecule has 5 nitrogen and oxygen atoms in total. The van der Waals surface area contributed by atoms with E-state index in [0.29, 0.717) is 12.1 Å². The summed E-state index contributed by atoms with van der Waals surface area (Å²) in [6.45, 7) is 16.2. The normalized spacial score (nSPS) is 26.5. The van der Waals surface area contributed by atoms with E-state index in [1.165, 1.54) is 19.6 Å². The summed E-state index contributed by atoms with van der Waals surface area (Å²) in [6, 6.07) is 0.328. The Morgan fingerprint density at radius 1 is 1.09 bits per heavy atom. The molecule has 0 spiro atoms. The molecule has 134 valence electrons. The molecule has 0 aromatic carbocycles. The van der Waals surface area contributed by atoms with Crippen molar-refractivity contribution in [1.82, 2.24) is 15.1 Å². The summed E-state index contributed by atoms with van der Waals surface area (Å²) in [6.07, 6.45) is 2.29. The molecule has 5 heteroatoms. The Kier molecular flexibility index (Phi) is 7.31. The topological polar surface area (TPSA) is 44.8 Å². The molecule has 1 saturated heterocycles. The zero-order valence-corrected chi connectivity index (χ0v) is 15.4. The van der Waals surface area contributed by atoms with Crippen molar-refractivity contribution in [2.24, 2.45) is 11.8 Å². The van der Waals surface area contributed by atoms with Crippen LogP contribution in [0.15, 0.2) is 0 Å². The molecule has 0 unspecified atom stereocenters. The molecule has 0 bridgehead atoms. The summed E-state index contributed by atoms with van der Waals surface area (Å²) < 4.78 is 5.94. The Morgan fingerprint density at radius 2 is 1.70 bits per heavy atom. The van der Waals surface area contributed by atoms with Gasteiger partial charge in [0.05, 0.1) is 12.7 Å². The van der Waals surface area contributed by atoms with Crippen LogP contribution in [0.1, 0.15) is 40.5 Å². The number of hydrogen-bond acceptors (Lipinski definition) is 4. The predicted molar refractivity (Wildman–Crippen MR) is 93.5 cm³/mol. The molecule has 0 atom stereocenters. The van der Waals surface area contributed by atoms with Crippen molar-refractivity contribution < 1.29 is 9.53 Å². The molecule has 2 aliphatic rings. The lowest BCUT2D eigenvalue weighted by atomic mass is 9.89. The van der Waals surface area contributed by atoms with Crippen molar-refractivity contribution >= 4 is 5.91 Å². The quantitative estimate of drug-likeness (QED) is 0.736. The molecule has 23 heavy (non-hydrogen) atoms. The molecular weight excluding hydrogens is 290 g/mol. The number of rotatable bonds is 8. The molecule has 1 heterocycles. The zero-order valence-electron chi connectivity index (χ0n) is 15.4. The van der Waals surface area contributed by atoms with Crippen LogP contribution in [0.3, 0.4) is 0 Å². The van der Waals surface area contributed by atoms with Gasteiger partial charge in [-0.2, -0.15) is 0 Å². The van der Waals surface area contributed by atoms with E-state index in [1.807, 2.05) is 13.8 Å². The maximum absolute atomic E-state index is 11.6. The lowest BCUT2D eigenvalue weighted by molar-refractivity contribution is -0.126. The number of piperazine rings is 1. The van der Waals surface area contributed by atoms with E-state index < -0.39 is 0 Å². The lowest BCUT2D eigenvalue weighted by Gasteiger charge is -2.38. The minimum Gasteiger partial charge on any atom is -0.377 e.